The molecule has 2 atom stereocenters. The average molecular weight is 454 g/mol. The van der Waals surface area contributed by atoms with Crippen LogP contribution in [-0.4, -0.2) is 36.9 Å². The van der Waals surface area contributed by atoms with Gasteiger partial charge in [0.2, 0.25) is 5.91 Å². The van der Waals surface area contributed by atoms with Crippen LogP contribution in [0.1, 0.15) is 49.1 Å². The maximum Gasteiger partial charge on any atom is 0.233 e. The van der Waals surface area contributed by atoms with E-state index in [0.29, 0.717) is 47.4 Å². The van der Waals surface area contributed by atoms with Gasteiger partial charge in [-0.15, -0.1) is 0 Å². The van der Waals surface area contributed by atoms with Gasteiger partial charge in [-0.25, -0.2) is 4.98 Å². The minimum absolute atomic E-state index is 0.0324. The Hall–Kier alpha value is -2.72. The number of methoxy groups -OCH3 is 2. The summed E-state index contributed by atoms with van der Waals surface area (Å²) in [4.78, 5) is 17.6. The maximum atomic E-state index is 12.8. The third-order valence-electron chi connectivity index (χ3n) is 5.80. The summed E-state index contributed by atoms with van der Waals surface area (Å²) in [7, 11) is 3.22. The minimum atomic E-state index is -0.291. The molecular weight excluding hydrogens is 422 g/mol. The van der Waals surface area contributed by atoms with Crippen molar-refractivity contribution in [3.8, 4) is 17.6 Å². The maximum absolute atomic E-state index is 12.8. The Labute approximate surface area is 194 Å². The Kier molecular flexibility index (Phi) is 8.40. The highest BCUT2D eigenvalue weighted by atomic mass is 32.2. The first-order chi connectivity index (χ1) is 15.5. The number of benzene rings is 1. The lowest BCUT2D eigenvalue weighted by atomic mass is 9.87. The van der Waals surface area contributed by atoms with Crippen LogP contribution in [0.4, 0.5) is 0 Å². The summed E-state index contributed by atoms with van der Waals surface area (Å²) in [6, 6.07) is 10.0. The molecule has 0 fully saturated rings. The summed E-state index contributed by atoms with van der Waals surface area (Å²) < 4.78 is 10.6. The van der Waals surface area contributed by atoms with Gasteiger partial charge >= 0.3 is 0 Å². The second-order valence-corrected chi connectivity index (χ2v) is 9.34. The highest BCUT2D eigenvalue weighted by Gasteiger charge is 2.23. The number of aromatic nitrogens is 1. The van der Waals surface area contributed by atoms with Crippen molar-refractivity contribution in [3.05, 3.63) is 46.6 Å². The summed E-state index contributed by atoms with van der Waals surface area (Å²) in [6.45, 7) is 4.74. The summed E-state index contributed by atoms with van der Waals surface area (Å²) in [6.07, 6.45) is 4.36. The Morgan fingerprint density at radius 1 is 1.31 bits per heavy atom. The van der Waals surface area contributed by atoms with Crippen molar-refractivity contribution in [1.29, 1.82) is 5.26 Å². The number of nitrogens with one attached hydrogen (secondary N) is 1. The lowest BCUT2D eigenvalue weighted by Gasteiger charge is -2.22. The summed E-state index contributed by atoms with van der Waals surface area (Å²) in [5, 5.41) is 13.0. The molecule has 1 aliphatic carbocycles. The Bertz CT molecular complexity index is 1000. The van der Waals surface area contributed by atoms with E-state index in [1.54, 1.807) is 14.2 Å². The normalized spacial score (nSPS) is 15.9. The number of pyridine rings is 1. The predicted molar refractivity (Wildman–Crippen MR) is 126 cm³/mol. The van der Waals surface area contributed by atoms with Gasteiger partial charge in [0.05, 0.1) is 25.0 Å². The van der Waals surface area contributed by atoms with Crippen LogP contribution in [0.25, 0.3) is 0 Å². The average Bonchev–Trinajstić information content (AvgIpc) is 2.81. The summed E-state index contributed by atoms with van der Waals surface area (Å²) in [5.74, 6) is 1.95. The molecule has 0 bridgehead atoms. The van der Waals surface area contributed by atoms with Gasteiger partial charge in [0.25, 0.3) is 0 Å². The molecule has 3 rings (SSSR count). The van der Waals surface area contributed by atoms with E-state index < -0.39 is 0 Å². The highest BCUT2D eigenvalue weighted by Crippen LogP contribution is 2.32. The molecule has 1 N–H and O–H groups in total. The standard InChI is InChI=1S/C25H31N3O3S/c1-5-23(24(29)27-11-10-17-7-9-21(30-3)22(13-17)31-4)32-25-19(15-26)14-18-12-16(2)6-8-20(18)28-25/h7,9,13-14,16,23H,5-6,8,10-12H2,1-4H3,(H,27,29). The van der Waals surface area contributed by atoms with E-state index in [-0.39, 0.29) is 11.2 Å². The number of rotatable bonds is 9. The van der Waals surface area contributed by atoms with E-state index in [2.05, 4.69) is 18.3 Å². The quantitative estimate of drug-likeness (QED) is 0.569. The zero-order valence-corrected chi connectivity index (χ0v) is 20.1. The van der Waals surface area contributed by atoms with Gasteiger partial charge in [0.15, 0.2) is 11.5 Å². The number of amides is 1. The lowest BCUT2D eigenvalue weighted by Crippen LogP contribution is -2.34. The fraction of sp³-hybridized carbons (Fsp3) is 0.480. The molecule has 6 nitrogen and oxygen atoms in total. The van der Waals surface area contributed by atoms with Crippen LogP contribution < -0.4 is 14.8 Å². The topological polar surface area (TPSA) is 84.2 Å². The number of thioether (sulfide) groups is 1. The van der Waals surface area contributed by atoms with E-state index in [1.165, 1.54) is 17.3 Å². The zero-order chi connectivity index (χ0) is 23.1. The number of carbonyl (C=O) groups excluding carboxylic acids is 1. The van der Waals surface area contributed by atoms with Gasteiger partial charge in [-0.2, -0.15) is 5.26 Å². The van der Waals surface area contributed by atoms with Crippen LogP contribution in [0.2, 0.25) is 0 Å². The molecule has 0 saturated carbocycles. The number of nitrogens with zero attached hydrogens (tertiary/aromatic N) is 2. The van der Waals surface area contributed by atoms with Crippen molar-refractivity contribution in [2.75, 3.05) is 20.8 Å². The Balaban J connectivity index is 1.62. The van der Waals surface area contributed by atoms with Gasteiger partial charge in [-0.1, -0.05) is 31.7 Å². The fourth-order valence-electron chi connectivity index (χ4n) is 3.93. The second-order valence-electron chi connectivity index (χ2n) is 8.15. The van der Waals surface area contributed by atoms with Crippen molar-refractivity contribution in [1.82, 2.24) is 10.3 Å². The Morgan fingerprint density at radius 2 is 2.09 bits per heavy atom. The predicted octanol–water partition coefficient (Wildman–Crippen LogP) is 4.32. The number of ether oxygens (including phenoxy) is 2. The first-order valence-corrected chi connectivity index (χ1v) is 11.9. The molecule has 1 heterocycles. The van der Waals surface area contributed by atoms with E-state index in [4.69, 9.17) is 14.5 Å². The van der Waals surface area contributed by atoms with Gasteiger partial charge < -0.3 is 14.8 Å². The third-order valence-corrected chi connectivity index (χ3v) is 7.16. The number of nitriles is 1. The molecule has 1 aromatic heterocycles. The molecule has 0 radical (unpaired) electrons. The number of fused-ring (bicyclic) bond motifs is 1. The smallest absolute Gasteiger partial charge is 0.233 e. The van der Waals surface area contributed by atoms with Gasteiger partial charge in [0, 0.05) is 12.2 Å². The van der Waals surface area contributed by atoms with E-state index in [0.717, 1.165) is 30.5 Å². The van der Waals surface area contributed by atoms with Crippen molar-refractivity contribution in [2.24, 2.45) is 5.92 Å². The zero-order valence-electron chi connectivity index (χ0n) is 19.2. The molecule has 1 amide bonds. The highest BCUT2D eigenvalue weighted by molar-refractivity contribution is 8.00. The van der Waals surface area contributed by atoms with E-state index in [1.807, 2.05) is 31.2 Å². The van der Waals surface area contributed by atoms with Crippen molar-refractivity contribution >= 4 is 17.7 Å². The van der Waals surface area contributed by atoms with Crippen molar-refractivity contribution in [3.63, 3.8) is 0 Å². The molecule has 1 aliphatic rings. The number of hydrogen-bond acceptors (Lipinski definition) is 6. The van der Waals surface area contributed by atoms with Crippen LogP contribution in [0.5, 0.6) is 11.5 Å². The summed E-state index contributed by atoms with van der Waals surface area (Å²) >= 11 is 1.40. The van der Waals surface area contributed by atoms with Crippen molar-refractivity contribution < 1.29 is 14.3 Å². The van der Waals surface area contributed by atoms with Crippen LogP contribution >= 0.6 is 11.8 Å². The van der Waals surface area contributed by atoms with Gasteiger partial charge in [-0.3, -0.25) is 4.79 Å². The molecule has 0 spiro atoms. The monoisotopic (exact) mass is 453 g/mol. The van der Waals surface area contributed by atoms with Crippen LogP contribution in [-0.2, 0) is 24.1 Å². The van der Waals surface area contributed by atoms with Crippen LogP contribution in [0.3, 0.4) is 0 Å². The molecule has 0 saturated heterocycles. The first kappa shape index (κ1) is 23.9. The second kappa shape index (κ2) is 11.2. The first-order valence-electron chi connectivity index (χ1n) is 11.1. The molecule has 2 unspecified atom stereocenters. The molecule has 0 aliphatic heterocycles. The number of aryl methyl sites for hydroxylation is 1. The molecular formula is C25H31N3O3S. The fourth-order valence-corrected chi connectivity index (χ4v) is 4.96. The Morgan fingerprint density at radius 3 is 2.78 bits per heavy atom. The molecule has 2 aromatic rings. The molecule has 32 heavy (non-hydrogen) atoms. The molecule has 7 heteroatoms. The van der Waals surface area contributed by atoms with Crippen LogP contribution in [0, 0.1) is 17.2 Å². The van der Waals surface area contributed by atoms with Crippen molar-refractivity contribution in [2.45, 2.75) is 56.2 Å². The van der Waals surface area contributed by atoms with Gasteiger partial charge in [0.1, 0.15) is 11.1 Å². The van der Waals surface area contributed by atoms with E-state index in [9.17, 15) is 10.1 Å². The van der Waals surface area contributed by atoms with E-state index >= 15 is 0 Å². The third kappa shape index (κ3) is 5.74. The molecule has 1 aromatic carbocycles. The minimum Gasteiger partial charge on any atom is -0.493 e. The largest absolute Gasteiger partial charge is 0.493 e. The number of carbonyl (C=O) groups is 1. The van der Waals surface area contributed by atoms with Gasteiger partial charge in [-0.05, 0) is 67.3 Å². The molecule has 170 valence electrons. The van der Waals surface area contributed by atoms with Crippen LogP contribution in [0.15, 0.2) is 29.3 Å². The SMILES string of the molecule is CCC(Sc1nc2c(cc1C#N)CC(C)CC2)C(=O)NCCc1ccc(OC)c(OC)c1. The number of hydrogen-bond donors (Lipinski definition) is 1. The summed E-state index contributed by atoms with van der Waals surface area (Å²) in [5.41, 5.74) is 3.88. The lowest BCUT2D eigenvalue weighted by molar-refractivity contribution is -0.120.